The van der Waals surface area contributed by atoms with Crippen LogP contribution in [0.15, 0.2) is 60.9 Å². The molecule has 2 aromatic carbocycles. The Morgan fingerprint density at radius 1 is 1.00 bits per heavy atom. The number of anilines is 1. The van der Waals surface area contributed by atoms with Gasteiger partial charge in [-0.3, -0.25) is 4.79 Å². The summed E-state index contributed by atoms with van der Waals surface area (Å²) in [6, 6.07) is 17.4. The second-order valence-corrected chi connectivity index (χ2v) is 9.92. The molecule has 0 bridgehead atoms. The number of esters is 1. The number of para-hydroxylation sites is 1. The number of hydrogen-bond donors (Lipinski definition) is 2. The number of nitrogens with two attached hydrogens (primary N) is 2. The van der Waals surface area contributed by atoms with Gasteiger partial charge in [0.15, 0.2) is 5.65 Å². The van der Waals surface area contributed by atoms with Gasteiger partial charge in [0.05, 0.1) is 22.9 Å². The molecule has 3 aromatic heterocycles. The van der Waals surface area contributed by atoms with Crippen LogP contribution < -0.4 is 16.2 Å². The van der Waals surface area contributed by atoms with Crippen molar-refractivity contribution >= 4 is 39.8 Å². The average molecular weight is 538 g/mol. The van der Waals surface area contributed by atoms with E-state index >= 15 is 0 Å². The number of ether oxygens (including phenoxy) is 2. The molecule has 1 amide bonds. The van der Waals surface area contributed by atoms with E-state index < -0.39 is 12.1 Å². The van der Waals surface area contributed by atoms with Crippen LogP contribution in [0, 0.1) is 12.8 Å². The Bertz CT molecular complexity index is 1740. The predicted octanol–water partition coefficient (Wildman–Crippen LogP) is 5.08. The van der Waals surface area contributed by atoms with E-state index in [1.807, 2.05) is 66.2 Å². The number of nitrogens with zero attached hydrogens (tertiary/aromatic N) is 5. The Hall–Kier alpha value is -5.06. The Kier molecular flexibility index (Phi) is 6.47. The number of aromatic nitrogens is 5. The van der Waals surface area contributed by atoms with Gasteiger partial charge in [-0.25, -0.2) is 24.4 Å². The van der Waals surface area contributed by atoms with Crippen molar-refractivity contribution in [2.45, 2.75) is 38.6 Å². The molecule has 1 aliphatic rings. The summed E-state index contributed by atoms with van der Waals surface area (Å²) in [5, 5.41) is 6.62. The first-order valence-electron chi connectivity index (χ1n) is 13.0. The lowest BCUT2D eigenvalue weighted by Gasteiger charge is -2.27. The van der Waals surface area contributed by atoms with Gasteiger partial charge in [0.25, 0.3) is 0 Å². The maximum absolute atomic E-state index is 12.2. The van der Waals surface area contributed by atoms with Crippen molar-refractivity contribution in [2.75, 3.05) is 5.73 Å². The first kappa shape index (κ1) is 25.2. The van der Waals surface area contributed by atoms with Crippen LogP contribution in [-0.2, 0) is 9.53 Å². The topological polar surface area (TPSA) is 161 Å². The fourth-order valence-corrected chi connectivity index (χ4v) is 5.37. The minimum absolute atomic E-state index is 0.0186. The number of carbonyl (C=O) groups is 2. The molecule has 0 aliphatic heterocycles. The lowest BCUT2D eigenvalue weighted by molar-refractivity contribution is -0.143. The molecule has 202 valence electrons. The summed E-state index contributed by atoms with van der Waals surface area (Å²) in [5.41, 5.74) is 15.2. The van der Waals surface area contributed by atoms with Crippen LogP contribution in [0.2, 0.25) is 0 Å². The van der Waals surface area contributed by atoms with Gasteiger partial charge in [-0.05, 0) is 56.4 Å². The highest BCUT2D eigenvalue weighted by atomic mass is 16.6. The first-order chi connectivity index (χ1) is 19.4. The van der Waals surface area contributed by atoms with Gasteiger partial charge in [0.1, 0.15) is 23.6 Å². The van der Waals surface area contributed by atoms with Gasteiger partial charge >= 0.3 is 12.1 Å². The molecule has 1 fully saturated rings. The summed E-state index contributed by atoms with van der Waals surface area (Å²) >= 11 is 0. The van der Waals surface area contributed by atoms with Crippen molar-refractivity contribution in [2.24, 2.45) is 11.7 Å². The Morgan fingerprint density at radius 2 is 1.77 bits per heavy atom. The lowest BCUT2D eigenvalue weighted by Crippen LogP contribution is -2.29. The number of aryl methyl sites for hydroxylation is 1. The SMILES string of the molecule is Cc1cc(Oc2ccccc2)nc2cc(-c3nn(C4CCC(C(=O)OC(N)=O)CC4)c4ncnc(N)c34)ccc12. The number of amides is 1. The van der Waals surface area contributed by atoms with E-state index in [1.165, 1.54) is 6.33 Å². The van der Waals surface area contributed by atoms with Crippen molar-refractivity contribution < 1.29 is 19.1 Å². The van der Waals surface area contributed by atoms with Crippen LogP contribution in [0.3, 0.4) is 0 Å². The molecule has 0 spiro atoms. The van der Waals surface area contributed by atoms with Gasteiger partial charge in [-0.1, -0.05) is 30.3 Å². The molecule has 6 rings (SSSR count). The highest BCUT2D eigenvalue weighted by molar-refractivity contribution is 6.00. The highest BCUT2D eigenvalue weighted by Gasteiger charge is 2.31. The Labute approximate surface area is 229 Å². The molecule has 0 unspecified atom stereocenters. The van der Waals surface area contributed by atoms with Crippen molar-refractivity contribution in [1.82, 2.24) is 24.7 Å². The van der Waals surface area contributed by atoms with Crippen LogP contribution in [0.5, 0.6) is 11.6 Å². The summed E-state index contributed by atoms with van der Waals surface area (Å²) in [5.74, 6) is 0.565. The number of primary amides is 1. The third-order valence-electron chi connectivity index (χ3n) is 7.33. The monoisotopic (exact) mass is 537 g/mol. The second-order valence-electron chi connectivity index (χ2n) is 9.92. The van der Waals surface area contributed by atoms with E-state index in [2.05, 4.69) is 14.7 Å². The van der Waals surface area contributed by atoms with Crippen molar-refractivity contribution in [3.63, 3.8) is 0 Å². The zero-order valence-corrected chi connectivity index (χ0v) is 21.8. The number of carbonyl (C=O) groups excluding carboxylic acids is 2. The van der Waals surface area contributed by atoms with Gasteiger partial charge in [-0.15, -0.1) is 0 Å². The summed E-state index contributed by atoms with van der Waals surface area (Å²) in [6.07, 6.45) is 2.72. The third kappa shape index (κ3) is 4.77. The van der Waals surface area contributed by atoms with Crippen LogP contribution in [0.25, 0.3) is 33.2 Å². The molecular formula is C29H27N7O4. The molecule has 1 saturated carbocycles. The fourth-order valence-electron chi connectivity index (χ4n) is 5.37. The van der Waals surface area contributed by atoms with Crippen LogP contribution in [0.1, 0.15) is 37.3 Å². The summed E-state index contributed by atoms with van der Waals surface area (Å²) < 4.78 is 12.5. The van der Waals surface area contributed by atoms with E-state index in [0.717, 1.165) is 22.0 Å². The molecular weight excluding hydrogens is 510 g/mol. The number of nitrogen functional groups attached to an aromatic ring is 1. The number of hydrogen-bond acceptors (Lipinski definition) is 9. The zero-order chi connectivity index (χ0) is 27.8. The summed E-state index contributed by atoms with van der Waals surface area (Å²) in [7, 11) is 0. The molecule has 1 aliphatic carbocycles. The number of fused-ring (bicyclic) bond motifs is 2. The highest BCUT2D eigenvalue weighted by Crippen LogP contribution is 2.38. The van der Waals surface area contributed by atoms with E-state index in [0.29, 0.717) is 59.9 Å². The van der Waals surface area contributed by atoms with E-state index in [9.17, 15) is 9.59 Å². The molecule has 11 heteroatoms. The largest absolute Gasteiger partial charge is 0.439 e. The smallest absolute Gasteiger partial charge is 0.412 e. The number of pyridine rings is 1. The molecule has 0 atom stereocenters. The third-order valence-corrected chi connectivity index (χ3v) is 7.33. The molecule has 3 heterocycles. The van der Waals surface area contributed by atoms with Gasteiger partial charge in [0.2, 0.25) is 5.88 Å². The quantitative estimate of drug-likeness (QED) is 0.230. The van der Waals surface area contributed by atoms with Crippen LogP contribution in [-0.4, -0.2) is 36.8 Å². The maximum Gasteiger partial charge on any atom is 0.412 e. The van der Waals surface area contributed by atoms with Crippen molar-refractivity contribution in [3.8, 4) is 22.9 Å². The molecule has 40 heavy (non-hydrogen) atoms. The van der Waals surface area contributed by atoms with E-state index in [4.69, 9.17) is 26.3 Å². The average Bonchev–Trinajstić information content (AvgIpc) is 3.34. The summed E-state index contributed by atoms with van der Waals surface area (Å²) in [6.45, 7) is 2.02. The first-order valence-corrected chi connectivity index (χ1v) is 13.0. The van der Waals surface area contributed by atoms with Crippen LogP contribution >= 0.6 is 0 Å². The van der Waals surface area contributed by atoms with E-state index in [1.54, 1.807) is 0 Å². The van der Waals surface area contributed by atoms with Crippen molar-refractivity contribution in [3.05, 3.63) is 66.5 Å². The molecule has 0 saturated heterocycles. The maximum atomic E-state index is 12.2. The van der Waals surface area contributed by atoms with Gasteiger partial charge in [-0.2, -0.15) is 5.10 Å². The predicted molar refractivity (Wildman–Crippen MR) is 148 cm³/mol. The van der Waals surface area contributed by atoms with E-state index in [-0.39, 0.29) is 12.0 Å². The van der Waals surface area contributed by atoms with Crippen molar-refractivity contribution in [1.29, 1.82) is 0 Å². The zero-order valence-electron chi connectivity index (χ0n) is 21.8. The standard InChI is InChI=1S/C29H27N7O4/c1-16-13-23(39-20-5-3-2-4-6-20)34-22-14-18(9-12-21(16)22)25-24-26(30)32-15-33-27(24)36(35-25)19-10-7-17(8-11-19)28(37)40-29(31)38/h2-6,9,12-15,17,19H,7-8,10-11H2,1H3,(H2,31,38)(H2,30,32,33). The lowest BCUT2D eigenvalue weighted by atomic mass is 9.86. The normalized spacial score (nSPS) is 17.1. The van der Waals surface area contributed by atoms with Crippen LogP contribution in [0.4, 0.5) is 10.6 Å². The van der Waals surface area contributed by atoms with Gasteiger partial charge in [0, 0.05) is 17.0 Å². The Morgan fingerprint density at radius 3 is 2.52 bits per heavy atom. The summed E-state index contributed by atoms with van der Waals surface area (Å²) in [4.78, 5) is 36.6. The molecule has 4 N–H and O–H groups in total. The minimum atomic E-state index is -1.08. The Balaban J connectivity index is 1.36. The number of rotatable bonds is 5. The number of benzene rings is 2. The molecule has 5 aromatic rings. The fraction of sp³-hybridized carbons (Fsp3) is 0.241. The molecule has 11 nitrogen and oxygen atoms in total. The minimum Gasteiger partial charge on any atom is -0.439 e. The molecule has 0 radical (unpaired) electrons. The second kappa shape index (κ2) is 10.3. The van der Waals surface area contributed by atoms with Gasteiger partial charge < -0.3 is 20.9 Å².